The number of halogens is 2. The first-order valence-electron chi connectivity index (χ1n) is 5.56. The van der Waals surface area contributed by atoms with Gasteiger partial charge in [-0.3, -0.25) is 4.79 Å². The van der Waals surface area contributed by atoms with Gasteiger partial charge >= 0.3 is 0 Å². The van der Waals surface area contributed by atoms with Crippen molar-refractivity contribution < 1.29 is 9.18 Å². The van der Waals surface area contributed by atoms with Crippen LogP contribution < -0.4 is 11.1 Å². The minimum Gasteiger partial charge on any atom is -0.324 e. The summed E-state index contributed by atoms with van der Waals surface area (Å²) in [6.07, 6.45) is 2.53. The molecule has 3 nitrogen and oxygen atoms in total. The van der Waals surface area contributed by atoms with Crippen molar-refractivity contribution >= 4 is 27.5 Å². The molecule has 3 N–H and O–H groups in total. The van der Waals surface area contributed by atoms with E-state index in [1.54, 1.807) is 6.07 Å². The third-order valence-electron chi connectivity index (χ3n) is 2.39. The Hall–Kier alpha value is -0.940. The maximum Gasteiger partial charge on any atom is 0.241 e. The summed E-state index contributed by atoms with van der Waals surface area (Å²) in [6.45, 7) is 2.04. The average Bonchev–Trinajstić information content (AvgIpc) is 2.30. The maximum atomic E-state index is 13.0. The first-order chi connectivity index (χ1) is 8.04. The third kappa shape index (κ3) is 4.44. The topological polar surface area (TPSA) is 55.1 Å². The molecular formula is C12H16BrFN2O. The van der Waals surface area contributed by atoms with Crippen molar-refractivity contribution in [3.8, 4) is 0 Å². The predicted molar refractivity (Wildman–Crippen MR) is 70.2 cm³/mol. The molecule has 1 aromatic carbocycles. The molecule has 94 valence electrons. The number of hydrogen-bond acceptors (Lipinski definition) is 2. The second kappa shape index (κ2) is 6.71. The zero-order chi connectivity index (χ0) is 12.8. The molecule has 1 aromatic rings. The highest BCUT2D eigenvalue weighted by Gasteiger charge is 2.14. The fourth-order valence-electron chi connectivity index (χ4n) is 1.37. The molecule has 0 aromatic heterocycles. The normalized spacial score (nSPS) is 12.2. The van der Waals surface area contributed by atoms with Gasteiger partial charge in [-0.1, -0.05) is 19.8 Å². The SMILES string of the molecule is CCCCC(N)C(=O)Nc1cc(F)ccc1Br. The lowest BCUT2D eigenvalue weighted by molar-refractivity contribution is -0.117. The summed E-state index contributed by atoms with van der Waals surface area (Å²) in [7, 11) is 0. The van der Waals surface area contributed by atoms with Crippen LogP contribution in [0.2, 0.25) is 0 Å². The van der Waals surface area contributed by atoms with E-state index in [1.807, 2.05) is 6.92 Å². The second-order valence-corrected chi connectivity index (χ2v) is 4.72. The van der Waals surface area contributed by atoms with Gasteiger partial charge in [0.1, 0.15) is 5.82 Å². The smallest absolute Gasteiger partial charge is 0.241 e. The summed E-state index contributed by atoms with van der Waals surface area (Å²) in [4.78, 5) is 11.7. The molecule has 17 heavy (non-hydrogen) atoms. The van der Waals surface area contributed by atoms with Crippen LogP contribution in [0, 0.1) is 5.82 Å². The van der Waals surface area contributed by atoms with Crippen LogP contribution in [0.5, 0.6) is 0 Å². The minimum atomic E-state index is -0.551. The first kappa shape index (κ1) is 14.1. The summed E-state index contributed by atoms with van der Waals surface area (Å²) < 4.78 is 13.6. The molecule has 1 atom stereocenters. The zero-order valence-electron chi connectivity index (χ0n) is 9.67. The van der Waals surface area contributed by atoms with Gasteiger partial charge in [-0.2, -0.15) is 0 Å². The van der Waals surface area contributed by atoms with Crippen LogP contribution in [-0.2, 0) is 4.79 Å². The lowest BCUT2D eigenvalue weighted by atomic mass is 10.1. The summed E-state index contributed by atoms with van der Waals surface area (Å²) in [6, 6.07) is 3.57. The fraction of sp³-hybridized carbons (Fsp3) is 0.417. The standard InChI is InChI=1S/C12H16BrFN2O/c1-2-3-4-10(15)12(17)16-11-7-8(14)5-6-9(11)13/h5-7,10H,2-4,15H2,1H3,(H,16,17). The van der Waals surface area contributed by atoms with Crippen LogP contribution in [0.1, 0.15) is 26.2 Å². The van der Waals surface area contributed by atoms with Crippen molar-refractivity contribution in [1.82, 2.24) is 0 Å². The number of unbranched alkanes of at least 4 members (excludes halogenated alkanes) is 1. The molecule has 0 aliphatic heterocycles. The molecule has 1 unspecified atom stereocenters. The Morgan fingerprint density at radius 3 is 2.94 bits per heavy atom. The number of amides is 1. The number of hydrogen-bond donors (Lipinski definition) is 2. The van der Waals surface area contributed by atoms with Gasteiger partial charge in [0, 0.05) is 4.47 Å². The number of rotatable bonds is 5. The number of nitrogens with two attached hydrogens (primary N) is 1. The Kier molecular flexibility index (Phi) is 5.58. The van der Waals surface area contributed by atoms with Crippen LogP contribution in [0.15, 0.2) is 22.7 Å². The number of nitrogens with one attached hydrogen (secondary N) is 1. The molecule has 0 radical (unpaired) electrons. The van der Waals surface area contributed by atoms with Crippen molar-refractivity contribution in [2.24, 2.45) is 5.73 Å². The zero-order valence-corrected chi connectivity index (χ0v) is 11.3. The van der Waals surface area contributed by atoms with E-state index in [4.69, 9.17) is 5.73 Å². The number of benzene rings is 1. The Balaban J connectivity index is 2.64. The number of anilines is 1. The van der Waals surface area contributed by atoms with Gasteiger partial charge in [-0.15, -0.1) is 0 Å². The van der Waals surface area contributed by atoms with Crippen LogP contribution in [-0.4, -0.2) is 11.9 Å². The third-order valence-corrected chi connectivity index (χ3v) is 3.08. The van der Waals surface area contributed by atoms with Crippen molar-refractivity contribution in [3.63, 3.8) is 0 Å². The molecule has 0 saturated carbocycles. The summed E-state index contributed by atoms with van der Waals surface area (Å²) >= 11 is 3.24. The highest BCUT2D eigenvalue weighted by molar-refractivity contribution is 9.10. The number of carbonyl (C=O) groups excluding carboxylic acids is 1. The van der Waals surface area contributed by atoms with Gasteiger partial charge in [-0.25, -0.2) is 4.39 Å². The van der Waals surface area contributed by atoms with Gasteiger partial charge < -0.3 is 11.1 Å². The quantitative estimate of drug-likeness (QED) is 0.878. The van der Waals surface area contributed by atoms with E-state index in [2.05, 4.69) is 21.2 Å². The predicted octanol–water partition coefficient (Wildman–Crippen LogP) is 3.04. The van der Waals surface area contributed by atoms with E-state index >= 15 is 0 Å². The van der Waals surface area contributed by atoms with E-state index in [0.717, 1.165) is 12.8 Å². The molecule has 0 fully saturated rings. The molecule has 0 aliphatic rings. The Morgan fingerprint density at radius 1 is 1.59 bits per heavy atom. The van der Waals surface area contributed by atoms with Crippen LogP contribution in [0.4, 0.5) is 10.1 Å². The van der Waals surface area contributed by atoms with E-state index in [-0.39, 0.29) is 5.91 Å². The molecule has 0 bridgehead atoms. The molecule has 0 aliphatic carbocycles. The molecule has 1 rings (SSSR count). The van der Waals surface area contributed by atoms with Crippen LogP contribution >= 0.6 is 15.9 Å². The second-order valence-electron chi connectivity index (χ2n) is 3.86. The summed E-state index contributed by atoms with van der Waals surface area (Å²) in [5.74, 6) is -0.685. The van der Waals surface area contributed by atoms with E-state index in [0.29, 0.717) is 16.6 Å². The van der Waals surface area contributed by atoms with Gasteiger partial charge in [0.2, 0.25) is 5.91 Å². The van der Waals surface area contributed by atoms with E-state index in [1.165, 1.54) is 12.1 Å². The molecule has 1 amide bonds. The lowest BCUT2D eigenvalue weighted by Crippen LogP contribution is -2.35. The minimum absolute atomic E-state index is 0.287. The summed E-state index contributed by atoms with van der Waals surface area (Å²) in [5, 5.41) is 2.61. The van der Waals surface area contributed by atoms with Gasteiger partial charge in [-0.05, 0) is 40.5 Å². The molecule has 0 spiro atoms. The molecular weight excluding hydrogens is 287 g/mol. The van der Waals surface area contributed by atoms with E-state index < -0.39 is 11.9 Å². The van der Waals surface area contributed by atoms with Crippen molar-refractivity contribution in [3.05, 3.63) is 28.5 Å². The van der Waals surface area contributed by atoms with Crippen molar-refractivity contribution in [2.75, 3.05) is 5.32 Å². The highest BCUT2D eigenvalue weighted by atomic mass is 79.9. The summed E-state index contributed by atoms with van der Waals surface area (Å²) in [5.41, 5.74) is 6.12. The Bertz CT molecular complexity index is 398. The van der Waals surface area contributed by atoms with Crippen molar-refractivity contribution in [2.45, 2.75) is 32.2 Å². The van der Waals surface area contributed by atoms with Gasteiger partial charge in [0.05, 0.1) is 11.7 Å². The molecule has 0 heterocycles. The molecule has 0 saturated heterocycles. The Labute approximate surface area is 109 Å². The van der Waals surface area contributed by atoms with E-state index in [9.17, 15) is 9.18 Å². The first-order valence-corrected chi connectivity index (χ1v) is 6.35. The fourth-order valence-corrected chi connectivity index (χ4v) is 1.72. The average molecular weight is 303 g/mol. The largest absolute Gasteiger partial charge is 0.324 e. The van der Waals surface area contributed by atoms with Crippen LogP contribution in [0.3, 0.4) is 0 Å². The number of carbonyl (C=O) groups is 1. The molecule has 5 heteroatoms. The van der Waals surface area contributed by atoms with Gasteiger partial charge in [0.15, 0.2) is 0 Å². The lowest BCUT2D eigenvalue weighted by Gasteiger charge is -2.12. The highest BCUT2D eigenvalue weighted by Crippen LogP contribution is 2.23. The maximum absolute atomic E-state index is 13.0. The van der Waals surface area contributed by atoms with Crippen molar-refractivity contribution in [1.29, 1.82) is 0 Å². The van der Waals surface area contributed by atoms with Crippen LogP contribution in [0.25, 0.3) is 0 Å². The Morgan fingerprint density at radius 2 is 2.29 bits per heavy atom. The monoisotopic (exact) mass is 302 g/mol. The van der Waals surface area contributed by atoms with Gasteiger partial charge in [0.25, 0.3) is 0 Å².